The number of aromatic nitrogens is 2. The molecule has 0 spiro atoms. The molecule has 0 aliphatic rings. The Morgan fingerprint density at radius 2 is 1.69 bits per heavy atom. The van der Waals surface area contributed by atoms with Crippen molar-refractivity contribution in [2.24, 2.45) is 5.92 Å². The van der Waals surface area contributed by atoms with Gasteiger partial charge in [0.05, 0.1) is 12.1 Å². The van der Waals surface area contributed by atoms with E-state index in [-0.39, 0.29) is 23.8 Å². The van der Waals surface area contributed by atoms with Gasteiger partial charge in [0.1, 0.15) is 0 Å². The summed E-state index contributed by atoms with van der Waals surface area (Å²) < 4.78 is 3.44. The van der Waals surface area contributed by atoms with Crippen LogP contribution >= 0.6 is 0 Å². The number of carboxylic acid groups (broad SMARTS) is 1. The molecule has 0 saturated heterocycles. The van der Waals surface area contributed by atoms with Crippen molar-refractivity contribution in [3.63, 3.8) is 0 Å². The molecule has 1 aromatic heterocycles. The Kier molecular flexibility index (Phi) is 6.06. The van der Waals surface area contributed by atoms with Crippen LogP contribution in [0, 0.1) is 5.92 Å². The van der Waals surface area contributed by atoms with Gasteiger partial charge in [-0.3, -0.25) is 9.13 Å². The third kappa shape index (κ3) is 4.34. The first-order valence-electron chi connectivity index (χ1n) is 10.0. The molecule has 0 amide bonds. The lowest BCUT2D eigenvalue weighted by Gasteiger charge is -2.14. The maximum absolute atomic E-state index is 13.0. The molecule has 152 valence electrons. The smallest absolute Gasteiger partial charge is 0.336 e. The predicted molar refractivity (Wildman–Crippen MR) is 116 cm³/mol. The van der Waals surface area contributed by atoms with Gasteiger partial charge in [0, 0.05) is 17.9 Å². The number of hydrogen-bond donors (Lipinski definition) is 1. The average molecular weight is 392 g/mol. The van der Waals surface area contributed by atoms with Gasteiger partial charge < -0.3 is 5.11 Å². The lowest BCUT2D eigenvalue weighted by Crippen LogP contribution is -2.27. The van der Waals surface area contributed by atoms with Gasteiger partial charge >= 0.3 is 11.7 Å². The van der Waals surface area contributed by atoms with Gasteiger partial charge in [-0.25, -0.2) is 9.59 Å². The van der Waals surface area contributed by atoms with Gasteiger partial charge in [0.15, 0.2) is 0 Å². The van der Waals surface area contributed by atoms with Crippen LogP contribution in [-0.2, 0) is 13.0 Å². The quantitative estimate of drug-likeness (QED) is 0.625. The summed E-state index contributed by atoms with van der Waals surface area (Å²) in [6.07, 6.45) is 2.67. The molecule has 29 heavy (non-hydrogen) atoms. The molecular formula is C24H28N2O3. The molecule has 5 heteroatoms. The van der Waals surface area contributed by atoms with Crippen LogP contribution in [0.2, 0.25) is 0 Å². The number of aromatic carboxylic acids is 1. The molecule has 0 atom stereocenters. The Morgan fingerprint density at radius 3 is 2.28 bits per heavy atom. The zero-order valence-corrected chi connectivity index (χ0v) is 17.4. The standard InChI is InChI=1S/C24H28N2O3/c1-16(2)13-20-15-25(17(3)4)24(29)26(20)14-19-11-8-12-21(22(19)23(27)28)18-9-6-5-7-10-18/h5-12,15-17H,13-14H2,1-4H3,(H,27,28). The molecule has 1 N–H and O–H groups in total. The van der Waals surface area contributed by atoms with Gasteiger partial charge in [-0.2, -0.15) is 0 Å². The van der Waals surface area contributed by atoms with Crippen LogP contribution < -0.4 is 5.69 Å². The van der Waals surface area contributed by atoms with Gasteiger partial charge in [-0.15, -0.1) is 0 Å². The summed E-state index contributed by atoms with van der Waals surface area (Å²) in [5, 5.41) is 9.97. The highest BCUT2D eigenvalue weighted by Gasteiger charge is 2.20. The molecule has 2 aromatic carbocycles. The van der Waals surface area contributed by atoms with Crippen molar-refractivity contribution in [3.8, 4) is 11.1 Å². The van der Waals surface area contributed by atoms with E-state index < -0.39 is 5.97 Å². The fourth-order valence-electron chi connectivity index (χ4n) is 3.68. The second-order valence-corrected chi connectivity index (χ2v) is 8.10. The van der Waals surface area contributed by atoms with Gasteiger partial charge in [-0.05, 0) is 42.9 Å². The maximum atomic E-state index is 13.0. The lowest BCUT2D eigenvalue weighted by molar-refractivity contribution is 0.0696. The molecule has 0 aliphatic heterocycles. The number of rotatable bonds is 7. The van der Waals surface area contributed by atoms with Gasteiger partial charge in [0.25, 0.3) is 0 Å². The summed E-state index contributed by atoms with van der Waals surface area (Å²) in [5.41, 5.74) is 3.22. The molecule has 0 aliphatic carbocycles. The summed E-state index contributed by atoms with van der Waals surface area (Å²) in [6, 6.07) is 15.0. The minimum absolute atomic E-state index is 0.0456. The third-order valence-corrected chi connectivity index (χ3v) is 5.04. The highest BCUT2D eigenvalue weighted by molar-refractivity contribution is 5.97. The average Bonchev–Trinajstić information content (AvgIpc) is 2.97. The van der Waals surface area contributed by atoms with Crippen molar-refractivity contribution in [2.75, 3.05) is 0 Å². The zero-order valence-electron chi connectivity index (χ0n) is 17.4. The number of hydrogen-bond acceptors (Lipinski definition) is 2. The van der Waals surface area contributed by atoms with E-state index in [4.69, 9.17) is 0 Å². The highest BCUT2D eigenvalue weighted by Crippen LogP contribution is 2.27. The molecule has 0 radical (unpaired) electrons. The molecule has 3 rings (SSSR count). The predicted octanol–water partition coefficient (Wildman–Crippen LogP) is 4.84. The van der Waals surface area contributed by atoms with Crippen molar-refractivity contribution >= 4 is 5.97 Å². The fourth-order valence-corrected chi connectivity index (χ4v) is 3.68. The second-order valence-electron chi connectivity index (χ2n) is 8.10. The van der Waals surface area contributed by atoms with Crippen LogP contribution in [0.15, 0.2) is 59.5 Å². The summed E-state index contributed by atoms with van der Waals surface area (Å²) in [7, 11) is 0. The van der Waals surface area contributed by atoms with E-state index in [1.807, 2.05) is 62.5 Å². The van der Waals surface area contributed by atoms with Crippen LogP contribution in [0.5, 0.6) is 0 Å². The first-order valence-corrected chi connectivity index (χ1v) is 10.0. The maximum Gasteiger partial charge on any atom is 0.336 e. The lowest BCUT2D eigenvalue weighted by atomic mass is 9.95. The summed E-state index contributed by atoms with van der Waals surface area (Å²) >= 11 is 0. The first kappa shape index (κ1) is 20.6. The van der Waals surface area contributed by atoms with E-state index in [2.05, 4.69) is 13.8 Å². The molecule has 0 fully saturated rings. The van der Waals surface area contributed by atoms with Crippen molar-refractivity contribution < 1.29 is 9.90 Å². The second kappa shape index (κ2) is 8.52. The largest absolute Gasteiger partial charge is 0.478 e. The fraction of sp³-hybridized carbons (Fsp3) is 0.333. The number of carbonyl (C=O) groups is 1. The molecule has 3 aromatic rings. The van der Waals surface area contributed by atoms with Gasteiger partial charge in [0.2, 0.25) is 0 Å². The minimum atomic E-state index is -0.985. The van der Waals surface area contributed by atoms with Crippen LogP contribution in [0.4, 0.5) is 0 Å². The Morgan fingerprint density at radius 1 is 1.00 bits per heavy atom. The van der Waals surface area contributed by atoms with E-state index in [1.165, 1.54) is 0 Å². The summed E-state index contributed by atoms with van der Waals surface area (Å²) in [6.45, 7) is 8.41. The van der Waals surface area contributed by atoms with Crippen LogP contribution in [0.1, 0.15) is 55.4 Å². The van der Waals surface area contributed by atoms with Crippen LogP contribution in [0.3, 0.4) is 0 Å². The Labute approximate surface area is 171 Å². The van der Waals surface area contributed by atoms with Gasteiger partial charge in [-0.1, -0.05) is 62.4 Å². The third-order valence-electron chi connectivity index (χ3n) is 5.04. The number of imidazole rings is 1. The molecule has 5 nitrogen and oxygen atoms in total. The molecule has 0 saturated carbocycles. The minimum Gasteiger partial charge on any atom is -0.478 e. The normalized spacial score (nSPS) is 11.4. The summed E-state index contributed by atoms with van der Waals surface area (Å²) in [4.78, 5) is 25.2. The highest BCUT2D eigenvalue weighted by atomic mass is 16.4. The van der Waals surface area contributed by atoms with E-state index in [0.29, 0.717) is 17.0 Å². The van der Waals surface area contributed by atoms with Crippen molar-refractivity contribution in [1.82, 2.24) is 9.13 Å². The van der Waals surface area contributed by atoms with E-state index in [0.717, 1.165) is 17.7 Å². The molecule has 0 unspecified atom stereocenters. The number of benzene rings is 2. The van der Waals surface area contributed by atoms with E-state index in [9.17, 15) is 14.7 Å². The SMILES string of the molecule is CC(C)Cc1cn(C(C)C)c(=O)n1Cc1cccc(-c2ccccc2)c1C(=O)O. The number of carboxylic acids is 1. The molecule has 1 heterocycles. The van der Waals surface area contributed by atoms with Crippen molar-refractivity contribution in [2.45, 2.75) is 46.7 Å². The van der Waals surface area contributed by atoms with Crippen molar-refractivity contribution in [1.29, 1.82) is 0 Å². The monoisotopic (exact) mass is 392 g/mol. The Bertz CT molecular complexity index is 1060. The van der Waals surface area contributed by atoms with Crippen LogP contribution in [0.25, 0.3) is 11.1 Å². The first-order chi connectivity index (χ1) is 13.8. The van der Waals surface area contributed by atoms with E-state index in [1.54, 1.807) is 15.2 Å². The van der Waals surface area contributed by atoms with Crippen LogP contribution in [-0.4, -0.2) is 20.2 Å². The molecule has 0 bridgehead atoms. The van der Waals surface area contributed by atoms with Crippen molar-refractivity contribution in [3.05, 3.63) is 82.0 Å². The Balaban J connectivity index is 2.14. The molecular weight excluding hydrogens is 364 g/mol. The number of nitrogens with zero attached hydrogens (tertiary/aromatic N) is 2. The zero-order chi connectivity index (χ0) is 21.1. The topological polar surface area (TPSA) is 64.2 Å². The van der Waals surface area contributed by atoms with E-state index >= 15 is 0 Å². The summed E-state index contributed by atoms with van der Waals surface area (Å²) in [5.74, 6) is -0.598. The Hall–Kier alpha value is -3.08.